The molecule has 39 heavy (non-hydrogen) atoms. The number of carbonyl (C=O) groups excluding carboxylic acids is 1. The minimum atomic E-state index is -1.37. The minimum absolute atomic E-state index is 0.00396. The molecule has 3 aliphatic rings. The first kappa shape index (κ1) is 25.9. The van der Waals surface area contributed by atoms with Crippen LogP contribution in [-0.4, -0.2) is 77.8 Å². The van der Waals surface area contributed by atoms with Gasteiger partial charge >= 0.3 is 17.9 Å². The van der Waals surface area contributed by atoms with Crippen LogP contribution in [0.1, 0.15) is 0 Å². The number of aromatic nitrogens is 2. The molecule has 0 saturated carbocycles. The van der Waals surface area contributed by atoms with Crippen molar-refractivity contribution in [3.05, 3.63) is 45.3 Å². The van der Waals surface area contributed by atoms with Gasteiger partial charge in [0.2, 0.25) is 12.7 Å². The van der Waals surface area contributed by atoms with Crippen molar-refractivity contribution >= 4 is 68.8 Å². The van der Waals surface area contributed by atoms with Gasteiger partial charge in [0.25, 0.3) is 11.5 Å². The van der Waals surface area contributed by atoms with E-state index in [1.165, 1.54) is 23.1 Å². The lowest BCUT2D eigenvalue weighted by molar-refractivity contribution is -0.140. The van der Waals surface area contributed by atoms with E-state index in [-0.39, 0.29) is 38.5 Å². The fraction of sp³-hybridized carbons (Fsp3) is 0.182. The predicted octanol–water partition coefficient (Wildman–Crippen LogP) is -1.35. The summed E-state index contributed by atoms with van der Waals surface area (Å²) in [6.07, 6.45) is 2.53. The van der Waals surface area contributed by atoms with E-state index in [1.807, 2.05) is 0 Å². The van der Waals surface area contributed by atoms with E-state index in [4.69, 9.17) is 31.5 Å². The van der Waals surface area contributed by atoms with Gasteiger partial charge < -0.3 is 34.5 Å². The number of hydrogen-bond acceptors (Lipinski definition) is 11. The fourth-order valence-corrected chi connectivity index (χ4v) is 5.24. The van der Waals surface area contributed by atoms with Crippen LogP contribution in [0.5, 0.6) is 17.2 Å². The summed E-state index contributed by atoms with van der Waals surface area (Å²) in [4.78, 5) is 64.7. The molecule has 0 bridgehead atoms. The number of carboxylic acid groups (broad SMARTS) is 3. The number of aliphatic carboxylic acids is 3. The van der Waals surface area contributed by atoms with Crippen molar-refractivity contribution in [3.63, 3.8) is 0 Å². The zero-order valence-corrected chi connectivity index (χ0v) is 21.0. The Morgan fingerprint density at radius 2 is 1.59 bits per heavy atom. The summed E-state index contributed by atoms with van der Waals surface area (Å²) in [5, 5.41) is 27.6. The predicted molar refractivity (Wildman–Crippen MR) is 136 cm³/mol. The highest BCUT2D eigenvalue weighted by Gasteiger charge is 2.36. The number of hydrogen-bond donors (Lipinski definition) is 4. The van der Waals surface area contributed by atoms with E-state index < -0.39 is 49.0 Å². The van der Waals surface area contributed by atoms with E-state index in [1.54, 1.807) is 6.07 Å². The van der Waals surface area contributed by atoms with Crippen molar-refractivity contribution in [1.29, 1.82) is 0 Å². The molecule has 2 aromatic rings. The Morgan fingerprint density at radius 3 is 2.26 bits per heavy atom. The number of ether oxygens (including phenoxy) is 3. The summed E-state index contributed by atoms with van der Waals surface area (Å²) in [6, 6.07) is 3.09. The SMILES string of the molecule is O=C(O)CN1C(=O)/C(=c2/[nH]/c(=C/C=C3\Oc4cc5c(cc4N3CC(=O)O)OCO5)c(=O)n2CC(=O)O)SC1=S. The van der Waals surface area contributed by atoms with Gasteiger partial charge in [-0.15, -0.1) is 0 Å². The first-order valence-corrected chi connectivity index (χ1v) is 12.1. The molecule has 15 nitrogen and oxygen atoms in total. The van der Waals surface area contributed by atoms with Crippen LogP contribution in [0, 0.1) is 0 Å². The molecule has 1 saturated heterocycles. The molecule has 0 atom stereocenters. The van der Waals surface area contributed by atoms with Crippen molar-refractivity contribution in [2.75, 3.05) is 24.8 Å². The number of carbonyl (C=O) groups is 4. The quantitative estimate of drug-likeness (QED) is 0.282. The number of rotatable bonds is 7. The number of thiocarbonyl (C=S) groups is 1. The molecule has 1 amide bonds. The Labute approximate surface area is 225 Å². The third-order valence-corrected chi connectivity index (χ3v) is 7.00. The van der Waals surface area contributed by atoms with Crippen LogP contribution in [0.25, 0.3) is 11.0 Å². The van der Waals surface area contributed by atoms with Crippen LogP contribution in [0.2, 0.25) is 0 Å². The fourth-order valence-electron chi connectivity index (χ4n) is 3.96. The molecule has 5 rings (SSSR count). The van der Waals surface area contributed by atoms with Crippen LogP contribution in [0.3, 0.4) is 0 Å². The number of nitrogens with one attached hydrogen (secondary N) is 1. The van der Waals surface area contributed by atoms with Crippen LogP contribution < -0.4 is 35.5 Å². The molecule has 0 radical (unpaired) electrons. The zero-order valence-electron chi connectivity index (χ0n) is 19.4. The first-order chi connectivity index (χ1) is 18.5. The molecular formula is C22H16N4O11S2. The standard InChI is InChI=1S/C22H16N4O11S2/c27-15(28)5-24-10-3-12-13(36-8-35-12)4-11(10)37-14(24)2-1-9-20(33)25(6-16(29)30)19(23-9)18-21(34)26(7-17(31)32)22(38)39-18/h1-4,23H,5-8H2,(H,27,28)(H,29,30)(H,31,32)/b9-1+,14-2-,19-18+. The number of aromatic amines is 1. The Bertz CT molecular complexity index is 1690. The molecule has 1 aromatic heterocycles. The third kappa shape index (κ3) is 4.79. The average Bonchev–Trinajstić information content (AvgIpc) is 3.59. The number of anilines is 1. The number of benzene rings is 1. The highest BCUT2D eigenvalue weighted by atomic mass is 32.2. The van der Waals surface area contributed by atoms with Gasteiger partial charge in [-0.25, -0.2) is 0 Å². The van der Waals surface area contributed by atoms with Gasteiger partial charge in [-0.2, -0.15) is 0 Å². The molecule has 202 valence electrons. The summed E-state index contributed by atoms with van der Waals surface area (Å²) in [6.45, 7) is -2.01. The Kier molecular flexibility index (Phi) is 6.52. The lowest BCUT2D eigenvalue weighted by atomic mass is 10.2. The number of carboxylic acids is 3. The maximum absolute atomic E-state index is 13.1. The Hall–Kier alpha value is -4.77. The van der Waals surface area contributed by atoms with Gasteiger partial charge in [0.1, 0.15) is 39.7 Å². The number of imidazole rings is 1. The molecular weight excluding hydrogens is 560 g/mol. The Balaban J connectivity index is 1.60. The lowest BCUT2D eigenvalue weighted by Crippen LogP contribution is -2.37. The van der Waals surface area contributed by atoms with Crippen LogP contribution in [-0.2, 0) is 25.7 Å². The van der Waals surface area contributed by atoms with Gasteiger partial charge in [-0.3, -0.25) is 38.3 Å². The molecule has 17 heteroatoms. The van der Waals surface area contributed by atoms with Crippen LogP contribution in [0.15, 0.2) is 28.9 Å². The van der Waals surface area contributed by atoms with Gasteiger partial charge in [-0.05, 0) is 6.08 Å². The van der Waals surface area contributed by atoms with Crippen molar-refractivity contribution in [2.45, 2.75) is 6.54 Å². The van der Waals surface area contributed by atoms with Crippen LogP contribution in [0.4, 0.5) is 5.69 Å². The zero-order chi connectivity index (χ0) is 28.0. The van der Waals surface area contributed by atoms with E-state index >= 15 is 0 Å². The van der Waals surface area contributed by atoms with Crippen molar-refractivity contribution < 1.29 is 48.7 Å². The molecule has 3 aliphatic heterocycles. The summed E-state index contributed by atoms with van der Waals surface area (Å²) < 4.78 is 17.2. The number of amides is 1. The van der Waals surface area contributed by atoms with Gasteiger partial charge in [0.05, 0.1) is 5.69 Å². The van der Waals surface area contributed by atoms with E-state index in [9.17, 15) is 34.2 Å². The average molecular weight is 577 g/mol. The number of nitrogens with zero attached hydrogens (tertiary/aromatic N) is 3. The smallest absolute Gasteiger partial charge is 0.323 e. The van der Waals surface area contributed by atoms with Gasteiger partial charge in [-0.1, -0.05) is 24.0 Å². The second-order valence-electron chi connectivity index (χ2n) is 8.08. The molecule has 4 N–H and O–H groups in total. The highest BCUT2D eigenvalue weighted by Crippen LogP contribution is 2.47. The number of H-pyrrole nitrogens is 1. The second kappa shape index (κ2) is 9.84. The molecule has 4 heterocycles. The monoisotopic (exact) mass is 576 g/mol. The van der Waals surface area contributed by atoms with Gasteiger partial charge in [0.15, 0.2) is 17.2 Å². The maximum Gasteiger partial charge on any atom is 0.323 e. The van der Waals surface area contributed by atoms with Crippen LogP contribution >= 0.6 is 24.0 Å². The van der Waals surface area contributed by atoms with E-state index in [0.29, 0.717) is 17.2 Å². The summed E-state index contributed by atoms with van der Waals surface area (Å²) in [5.41, 5.74) is -0.609. The first-order valence-electron chi connectivity index (χ1n) is 10.9. The van der Waals surface area contributed by atoms with Gasteiger partial charge in [0, 0.05) is 18.2 Å². The van der Waals surface area contributed by atoms with Crippen molar-refractivity contribution in [1.82, 2.24) is 14.5 Å². The highest BCUT2D eigenvalue weighted by molar-refractivity contribution is 8.30. The second-order valence-corrected chi connectivity index (χ2v) is 9.73. The summed E-state index contributed by atoms with van der Waals surface area (Å²) in [5.74, 6) is -3.54. The van der Waals surface area contributed by atoms with E-state index in [2.05, 4.69) is 4.98 Å². The molecule has 0 unspecified atom stereocenters. The lowest BCUT2D eigenvalue weighted by Gasteiger charge is -2.15. The summed E-state index contributed by atoms with van der Waals surface area (Å²) >= 11 is 5.80. The van der Waals surface area contributed by atoms with Crippen molar-refractivity contribution in [3.8, 4) is 17.2 Å². The topological polar surface area (TPSA) is 201 Å². The maximum atomic E-state index is 13.1. The largest absolute Gasteiger partial charge is 0.480 e. The minimum Gasteiger partial charge on any atom is -0.480 e. The number of thioether (sulfide) groups is 1. The normalized spacial score (nSPS) is 18.7. The third-order valence-electron chi connectivity index (χ3n) is 5.56. The van der Waals surface area contributed by atoms with E-state index in [0.717, 1.165) is 21.2 Å². The number of fused-ring (bicyclic) bond motifs is 2. The number of allylic oxidation sites excluding steroid dienone is 1. The summed E-state index contributed by atoms with van der Waals surface area (Å²) in [7, 11) is 0. The molecule has 1 fully saturated rings. The Morgan fingerprint density at radius 1 is 0.949 bits per heavy atom. The molecule has 0 spiro atoms. The molecule has 1 aromatic carbocycles. The van der Waals surface area contributed by atoms with Crippen molar-refractivity contribution in [2.24, 2.45) is 0 Å². The molecule has 0 aliphatic carbocycles.